The predicted molar refractivity (Wildman–Crippen MR) is 98.8 cm³/mol. The maximum absolute atomic E-state index is 12.0. The van der Waals surface area contributed by atoms with Crippen LogP contribution in [0.4, 0.5) is 0 Å². The van der Waals surface area contributed by atoms with Crippen LogP contribution in [0, 0.1) is 18.8 Å². The van der Waals surface area contributed by atoms with E-state index in [1.54, 1.807) is 11.3 Å². The van der Waals surface area contributed by atoms with Crippen LogP contribution in [0.2, 0.25) is 0 Å². The Balaban J connectivity index is 1.81. The lowest BCUT2D eigenvalue weighted by Gasteiger charge is -2.27. The SMILES string of the molecule is CC[C@@](C)(NCC(=O)NCC#Cc1ccccc1)c1nc(C)cs1. The Labute approximate surface area is 147 Å². The van der Waals surface area contributed by atoms with Gasteiger partial charge in [0.15, 0.2) is 0 Å². The van der Waals surface area contributed by atoms with Gasteiger partial charge < -0.3 is 5.32 Å². The van der Waals surface area contributed by atoms with Gasteiger partial charge in [-0.05, 0) is 32.4 Å². The zero-order valence-corrected chi connectivity index (χ0v) is 15.2. The molecular weight excluding hydrogens is 318 g/mol. The van der Waals surface area contributed by atoms with E-state index in [2.05, 4.69) is 41.3 Å². The number of hydrogen-bond acceptors (Lipinski definition) is 4. The highest BCUT2D eigenvalue weighted by molar-refractivity contribution is 7.09. The molecular formula is C19H23N3OS. The van der Waals surface area contributed by atoms with Crippen LogP contribution in [0.15, 0.2) is 35.7 Å². The van der Waals surface area contributed by atoms with Crippen LogP contribution in [-0.2, 0) is 10.3 Å². The number of hydrogen-bond donors (Lipinski definition) is 2. The first-order chi connectivity index (χ1) is 11.5. The number of nitrogens with zero attached hydrogens (tertiary/aromatic N) is 1. The fraction of sp³-hybridized carbons (Fsp3) is 0.368. The zero-order chi connectivity index (χ0) is 17.4. The van der Waals surface area contributed by atoms with Crippen LogP contribution < -0.4 is 10.6 Å². The van der Waals surface area contributed by atoms with E-state index in [1.807, 2.05) is 42.6 Å². The largest absolute Gasteiger partial charge is 0.344 e. The second-order valence-electron chi connectivity index (χ2n) is 5.78. The Morgan fingerprint density at radius 3 is 2.71 bits per heavy atom. The van der Waals surface area contributed by atoms with Crippen LogP contribution in [0.1, 0.15) is 36.5 Å². The van der Waals surface area contributed by atoms with Crippen LogP contribution in [0.25, 0.3) is 0 Å². The van der Waals surface area contributed by atoms with Gasteiger partial charge in [-0.1, -0.05) is 37.0 Å². The highest BCUT2D eigenvalue weighted by Crippen LogP contribution is 2.27. The van der Waals surface area contributed by atoms with Gasteiger partial charge in [-0.25, -0.2) is 4.98 Å². The normalized spacial score (nSPS) is 12.8. The van der Waals surface area contributed by atoms with E-state index in [-0.39, 0.29) is 18.0 Å². The molecule has 126 valence electrons. The predicted octanol–water partition coefficient (Wildman–Crippen LogP) is 2.83. The summed E-state index contributed by atoms with van der Waals surface area (Å²) in [7, 11) is 0. The fourth-order valence-electron chi connectivity index (χ4n) is 2.11. The minimum atomic E-state index is -0.286. The molecule has 1 amide bonds. The second kappa shape index (κ2) is 8.62. The van der Waals surface area contributed by atoms with Gasteiger partial charge in [-0.3, -0.25) is 10.1 Å². The molecule has 1 aromatic carbocycles. The summed E-state index contributed by atoms with van der Waals surface area (Å²) >= 11 is 1.62. The van der Waals surface area contributed by atoms with Crippen LogP contribution in [0.5, 0.6) is 0 Å². The van der Waals surface area contributed by atoms with Crippen molar-refractivity contribution in [2.24, 2.45) is 0 Å². The fourth-order valence-corrected chi connectivity index (χ4v) is 3.12. The summed E-state index contributed by atoms with van der Waals surface area (Å²) in [5.41, 5.74) is 1.67. The monoisotopic (exact) mass is 341 g/mol. The molecule has 1 atom stereocenters. The summed E-state index contributed by atoms with van der Waals surface area (Å²) in [5, 5.41) is 9.18. The third kappa shape index (κ3) is 5.19. The molecule has 0 saturated carbocycles. The summed E-state index contributed by atoms with van der Waals surface area (Å²) < 4.78 is 0. The van der Waals surface area contributed by atoms with E-state index in [0.29, 0.717) is 6.54 Å². The highest BCUT2D eigenvalue weighted by atomic mass is 32.1. The number of aryl methyl sites for hydroxylation is 1. The summed E-state index contributed by atoms with van der Waals surface area (Å²) in [4.78, 5) is 16.5. The summed E-state index contributed by atoms with van der Waals surface area (Å²) in [6, 6.07) is 9.72. The van der Waals surface area contributed by atoms with Crippen molar-refractivity contribution in [3.05, 3.63) is 52.0 Å². The van der Waals surface area contributed by atoms with Gasteiger partial charge in [-0.15, -0.1) is 11.3 Å². The van der Waals surface area contributed by atoms with Gasteiger partial charge in [0.1, 0.15) is 5.01 Å². The topological polar surface area (TPSA) is 54.0 Å². The molecule has 0 fully saturated rings. The first-order valence-electron chi connectivity index (χ1n) is 8.02. The molecule has 0 saturated heterocycles. The van der Waals surface area contributed by atoms with Crippen molar-refractivity contribution < 1.29 is 4.79 Å². The van der Waals surface area contributed by atoms with E-state index in [9.17, 15) is 4.79 Å². The molecule has 4 nitrogen and oxygen atoms in total. The maximum atomic E-state index is 12.0. The number of amides is 1. The molecule has 2 rings (SSSR count). The Morgan fingerprint density at radius 1 is 1.33 bits per heavy atom. The standard InChI is InChI=1S/C19H23N3OS/c1-4-19(3,18-22-15(2)14-24-18)21-13-17(23)20-12-8-11-16-9-6-5-7-10-16/h5-7,9-10,14,21H,4,12-13H2,1-3H3,(H,20,23)/t19-/m1/s1. The summed E-state index contributed by atoms with van der Waals surface area (Å²) in [6.07, 6.45) is 0.862. The molecule has 0 radical (unpaired) electrons. The van der Waals surface area contributed by atoms with E-state index < -0.39 is 0 Å². The van der Waals surface area contributed by atoms with Gasteiger partial charge >= 0.3 is 0 Å². The van der Waals surface area contributed by atoms with Crippen LogP contribution in [-0.4, -0.2) is 24.0 Å². The van der Waals surface area contributed by atoms with E-state index in [4.69, 9.17) is 0 Å². The third-order valence-electron chi connectivity index (χ3n) is 3.82. The number of rotatable bonds is 6. The molecule has 0 bridgehead atoms. The first kappa shape index (κ1) is 18.2. The minimum absolute atomic E-state index is 0.0645. The van der Waals surface area contributed by atoms with E-state index in [1.165, 1.54) is 0 Å². The molecule has 24 heavy (non-hydrogen) atoms. The van der Waals surface area contributed by atoms with Gasteiger partial charge in [0.2, 0.25) is 5.91 Å². The number of benzene rings is 1. The highest BCUT2D eigenvalue weighted by Gasteiger charge is 2.27. The zero-order valence-electron chi connectivity index (χ0n) is 14.3. The number of nitrogens with one attached hydrogen (secondary N) is 2. The molecule has 0 aliphatic rings. The van der Waals surface area contributed by atoms with E-state index >= 15 is 0 Å². The van der Waals surface area contributed by atoms with Gasteiger partial charge in [0, 0.05) is 16.6 Å². The molecule has 0 unspecified atom stereocenters. The second-order valence-corrected chi connectivity index (χ2v) is 6.64. The van der Waals surface area contributed by atoms with Crippen molar-refractivity contribution in [3.63, 3.8) is 0 Å². The molecule has 2 aromatic rings. The average molecular weight is 341 g/mol. The molecule has 2 N–H and O–H groups in total. The maximum Gasteiger partial charge on any atom is 0.234 e. The van der Waals surface area contributed by atoms with Crippen molar-refractivity contribution in [3.8, 4) is 11.8 Å². The molecule has 0 aliphatic carbocycles. The van der Waals surface area contributed by atoms with Gasteiger partial charge in [0.05, 0.1) is 18.6 Å². The Hall–Kier alpha value is -2.16. The quantitative estimate of drug-likeness (QED) is 0.795. The molecule has 5 heteroatoms. The number of aromatic nitrogens is 1. The van der Waals surface area contributed by atoms with Gasteiger partial charge in [0.25, 0.3) is 0 Å². The third-order valence-corrected chi connectivity index (χ3v) is 5.04. The van der Waals surface area contributed by atoms with Crippen molar-refractivity contribution in [1.29, 1.82) is 0 Å². The first-order valence-corrected chi connectivity index (χ1v) is 8.90. The Kier molecular flexibility index (Phi) is 6.53. The van der Waals surface area contributed by atoms with Crippen LogP contribution >= 0.6 is 11.3 Å². The van der Waals surface area contributed by atoms with Crippen molar-refractivity contribution in [2.45, 2.75) is 32.7 Å². The lowest BCUT2D eigenvalue weighted by molar-refractivity contribution is -0.120. The molecule has 0 spiro atoms. The molecule has 1 heterocycles. The Morgan fingerprint density at radius 2 is 2.08 bits per heavy atom. The number of carbonyl (C=O) groups excluding carboxylic acids is 1. The minimum Gasteiger partial charge on any atom is -0.344 e. The van der Waals surface area contributed by atoms with Crippen molar-refractivity contribution in [2.75, 3.05) is 13.1 Å². The average Bonchev–Trinajstić information content (AvgIpc) is 3.04. The summed E-state index contributed by atoms with van der Waals surface area (Å²) in [5.74, 6) is 5.91. The smallest absolute Gasteiger partial charge is 0.234 e. The molecule has 0 aliphatic heterocycles. The van der Waals surface area contributed by atoms with Crippen LogP contribution in [0.3, 0.4) is 0 Å². The number of carbonyl (C=O) groups is 1. The van der Waals surface area contributed by atoms with Crippen molar-refractivity contribution >= 4 is 17.2 Å². The van der Waals surface area contributed by atoms with Crippen molar-refractivity contribution in [1.82, 2.24) is 15.6 Å². The lowest BCUT2D eigenvalue weighted by atomic mass is 10.00. The molecule has 1 aromatic heterocycles. The van der Waals surface area contributed by atoms with E-state index in [0.717, 1.165) is 22.7 Å². The lowest BCUT2D eigenvalue weighted by Crippen LogP contribution is -2.45. The Bertz CT molecular complexity index is 730. The van der Waals surface area contributed by atoms with Gasteiger partial charge in [-0.2, -0.15) is 0 Å². The summed E-state index contributed by atoms with van der Waals surface area (Å²) in [6.45, 7) is 6.74. The number of thiazole rings is 1.